The first-order chi connectivity index (χ1) is 13.8. The molecule has 1 heterocycles. The highest BCUT2D eigenvalue weighted by atomic mass is 79.9. The van der Waals surface area contributed by atoms with Crippen molar-refractivity contribution in [2.75, 3.05) is 23.4 Å². The standard InChI is InChI=1S/C22H23BrN2O4/c1-13-5-4-6-14(2)21(13)25-11-16(10-20(25)27)22(28)29-12-19(26)24-18-8-7-17(23)9-15(18)3/h4-9,16H,10-12H2,1-3H3,(H,24,26)/t16-/m1/s1. The lowest BCUT2D eigenvalue weighted by Gasteiger charge is -2.21. The maximum atomic E-state index is 12.5. The van der Waals surface area contributed by atoms with Crippen LogP contribution in [0.4, 0.5) is 11.4 Å². The number of hydrogen-bond donors (Lipinski definition) is 1. The fraction of sp³-hybridized carbons (Fsp3) is 0.318. The summed E-state index contributed by atoms with van der Waals surface area (Å²) in [6.07, 6.45) is 0.0834. The number of nitrogens with one attached hydrogen (secondary N) is 1. The fourth-order valence-corrected chi connectivity index (χ4v) is 4.00. The lowest BCUT2D eigenvalue weighted by Crippen LogP contribution is -2.29. The lowest BCUT2D eigenvalue weighted by molar-refractivity contribution is -0.151. The third-order valence-corrected chi connectivity index (χ3v) is 5.47. The molecule has 0 unspecified atom stereocenters. The minimum atomic E-state index is -0.580. The van der Waals surface area contributed by atoms with E-state index in [1.165, 1.54) is 0 Å². The third kappa shape index (κ3) is 4.85. The Labute approximate surface area is 178 Å². The first kappa shape index (κ1) is 21.0. The van der Waals surface area contributed by atoms with Gasteiger partial charge in [0, 0.05) is 28.8 Å². The molecule has 29 heavy (non-hydrogen) atoms. The number of rotatable bonds is 5. The van der Waals surface area contributed by atoms with Crippen LogP contribution in [0.1, 0.15) is 23.1 Å². The van der Waals surface area contributed by atoms with Crippen LogP contribution in [0.3, 0.4) is 0 Å². The van der Waals surface area contributed by atoms with Gasteiger partial charge < -0.3 is 15.0 Å². The van der Waals surface area contributed by atoms with Crippen molar-refractivity contribution >= 4 is 45.1 Å². The van der Waals surface area contributed by atoms with E-state index in [-0.39, 0.29) is 25.5 Å². The van der Waals surface area contributed by atoms with Crippen LogP contribution >= 0.6 is 15.9 Å². The van der Waals surface area contributed by atoms with Crippen molar-refractivity contribution in [3.63, 3.8) is 0 Å². The highest BCUT2D eigenvalue weighted by molar-refractivity contribution is 9.10. The lowest BCUT2D eigenvalue weighted by atomic mass is 10.1. The summed E-state index contributed by atoms with van der Waals surface area (Å²) in [5.74, 6) is -1.64. The average Bonchev–Trinajstić information content (AvgIpc) is 3.03. The number of nitrogens with zero attached hydrogens (tertiary/aromatic N) is 1. The number of anilines is 2. The van der Waals surface area contributed by atoms with Crippen LogP contribution in [0.5, 0.6) is 0 Å². The van der Waals surface area contributed by atoms with Gasteiger partial charge in [0.15, 0.2) is 6.61 Å². The second-order valence-corrected chi connectivity index (χ2v) is 8.18. The molecule has 0 radical (unpaired) electrons. The van der Waals surface area contributed by atoms with Crippen LogP contribution in [0.15, 0.2) is 40.9 Å². The number of amides is 2. The molecule has 2 amide bonds. The van der Waals surface area contributed by atoms with Crippen LogP contribution < -0.4 is 10.2 Å². The molecule has 0 saturated carbocycles. The maximum Gasteiger partial charge on any atom is 0.311 e. The summed E-state index contributed by atoms with van der Waals surface area (Å²) >= 11 is 3.37. The SMILES string of the molecule is Cc1cc(Br)ccc1NC(=O)COC(=O)[C@@H]1CC(=O)N(c2c(C)cccc2C)C1. The summed E-state index contributed by atoms with van der Waals surface area (Å²) in [6.45, 7) is 5.63. The van der Waals surface area contributed by atoms with Crippen LogP contribution in [-0.2, 0) is 19.1 Å². The number of carbonyl (C=O) groups excluding carboxylic acids is 3. The van der Waals surface area contributed by atoms with Gasteiger partial charge >= 0.3 is 5.97 Å². The van der Waals surface area contributed by atoms with Crippen LogP contribution in [-0.4, -0.2) is 30.9 Å². The molecule has 3 rings (SSSR count). The van der Waals surface area contributed by atoms with Crippen LogP contribution in [0.2, 0.25) is 0 Å². The van der Waals surface area contributed by atoms with Gasteiger partial charge in [-0.2, -0.15) is 0 Å². The van der Waals surface area contributed by atoms with Gasteiger partial charge in [0.1, 0.15) is 0 Å². The fourth-order valence-electron chi connectivity index (χ4n) is 3.52. The largest absolute Gasteiger partial charge is 0.455 e. The second kappa shape index (κ2) is 8.78. The molecule has 2 aromatic rings. The minimum Gasteiger partial charge on any atom is -0.455 e. The Morgan fingerprint density at radius 3 is 2.48 bits per heavy atom. The molecular weight excluding hydrogens is 436 g/mol. The normalized spacial score (nSPS) is 16.1. The van der Waals surface area contributed by atoms with E-state index in [0.29, 0.717) is 5.69 Å². The van der Waals surface area contributed by atoms with Crippen molar-refractivity contribution in [2.24, 2.45) is 5.92 Å². The molecule has 7 heteroatoms. The Morgan fingerprint density at radius 1 is 1.14 bits per heavy atom. The molecule has 2 aromatic carbocycles. The number of esters is 1. The number of carbonyl (C=O) groups is 3. The third-order valence-electron chi connectivity index (χ3n) is 4.98. The zero-order valence-electron chi connectivity index (χ0n) is 16.6. The number of aryl methyl sites for hydroxylation is 3. The van der Waals surface area contributed by atoms with Crippen molar-refractivity contribution in [3.8, 4) is 0 Å². The molecule has 1 aliphatic rings. The van der Waals surface area contributed by atoms with Gasteiger partial charge in [-0.1, -0.05) is 34.1 Å². The van der Waals surface area contributed by atoms with Crippen molar-refractivity contribution in [3.05, 3.63) is 57.6 Å². The Hall–Kier alpha value is -2.67. The predicted molar refractivity (Wildman–Crippen MR) is 115 cm³/mol. The van der Waals surface area contributed by atoms with E-state index in [9.17, 15) is 14.4 Å². The summed E-state index contributed by atoms with van der Waals surface area (Å²) < 4.78 is 6.09. The summed E-state index contributed by atoms with van der Waals surface area (Å²) in [6, 6.07) is 11.3. The van der Waals surface area contributed by atoms with E-state index in [1.807, 2.05) is 51.1 Å². The van der Waals surface area contributed by atoms with Crippen molar-refractivity contribution in [1.82, 2.24) is 0 Å². The highest BCUT2D eigenvalue weighted by Gasteiger charge is 2.37. The smallest absolute Gasteiger partial charge is 0.311 e. The number of hydrogen-bond acceptors (Lipinski definition) is 4. The molecule has 0 aromatic heterocycles. The van der Waals surface area contributed by atoms with Gasteiger partial charge in [-0.05, 0) is 55.7 Å². The molecule has 1 fully saturated rings. The van der Waals surface area contributed by atoms with E-state index in [2.05, 4.69) is 21.2 Å². The molecule has 1 N–H and O–H groups in total. The molecule has 1 saturated heterocycles. The Balaban J connectivity index is 1.57. The number of benzene rings is 2. The van der Waals surface area contributed by atoms with Gasteiger partial charge in [-0.15, -0.1) is 0 Å². The zero-order valence-corrected chi connectivity index (χ0v) is 18.2. The van der Waals surface area contributed by atoms with Gasteiger partial charge in [0.25, 0.3) is 5.91 Å². The van der Waals surface area contributed by atoms with Gasteiger partial charge in [0.05, 0.1) is 5.92 Å². The first-order valence-electron chi connectivity index (χ1n) is 9.35. The van der Waals surface area contributed by atoms with Crippen molar-refractivity contribution in [1.29, 1.82) is 0 Å². The maximum absolute atomic E-state index is 12.5. The molecule has 1 aliphatic heterocycles. The number of para-hydroxylation sites is 1. The molecular formula is C22H23BrN2O4. The molecule has 1 atom stereocenters. The summed E-state index contributed by atoms with van der Waals surface area (Å²) in [4.78, 5) is 38.7. The highest BCUT2D eigenvalue weighted by Crippen LogP contribution is 2.31. The summed E-state index contributed by atoms with van der Waals surface area (Å²) in [5, 5.41) is 2.73. The monoisotopic (exact) mass is 458 g/mol. The average molecular weight is 459 g/mol. The predicted octanol–water partition coefficient (Wildman–Crippen LogP) is 3.91. The topological polar surface area (TPSA) is 75.7 Å². The van der Waals surface area contributed by atoms with E-state index < -0.39 is 17.8 Å². The minimum absolute atomic E-state index is 0.0834. The summed E-state index contributed by atoms with van der Waals surface area (Å²) in [7, 11) is 0. The van der Waals surface area contributed by atoms with Gasteiger partial charge in [-0.25, -0.2) is 0 Å². The van der Waals surface area contributed by atoms with E-state index in [0.717, 1.165) is 26.9 Å². The van der Waals surface area contributed by atoms with E-state index >= 15 is 0 Å². The molecule has 0 bridgehead atoms. The Morgan fingerprint density at radius 2 is 1.83 bits per heavy atom. The van der Waals surface area contributed by atoms with Gasteiger partial charge in [0.2, 0.25) is 5.91 Å². The quantitative estimate of drug-likeness (QED) is 0.689. The molecule has 152 valence electrons. The zero-order chi connectivity index (χ0) is 21.1. The number of ether oxygens (including phenoxy) is 1. The first-order valence-corrected chi connectivity index (χ1v) is 10.1. The summed E-state index contributed by atoms with van der Waals surface area (Å²) in [5.41, 5.74) is 4.36. The molecule has 6 nitrogen and oxygen atoms in total. The Bertz CT molecular complexity index is 953. The van der Waals surface area contributed by atoms with Gasteiger partial charge in [-0.3, -0.25) is 14.4 Å². The van der Waals surface area contributed by atoms with Crippen LogP contribution in [0, 0.1) is 26.7 Å². The second-order valence-electron chi connectivity index (χ2n) is 7.26. The molecule has 0 spiro atoms. The van der Waals surface area contributed by atoms with Crippen molar-refractivity contribution < 1.29 is 19.1 Å². The molecule has 0 aliphatic carbocycles. The van der Waals surface area contributed by atoms with Crippen molar-refractivity contribution in [2.45, 2.75) is 27.2 Å². The number of halogens is 1. The van der Waals surface area contributed by atoms with Crippen LogP contribution in [0.25, 0.3) is 0 Å². The van der Waals surface area contributed by atoms with E-state index in [1.54, 1.807) is 11.0 Å². The Kier molecular flexibility index (Phi) is 6.37. The van der Waals surface area contributed by atoms with E-state index in [4.69, 9.17) is 4.74 Å².